The van der Waals surface area contributed by atoms with E-state index in [2.05, 4.69) is 11.1 Å². The molecule has 0 aliphatic carbocycles. The van der Waals surface area contributed by atoms with Crippen LogP contribution in [0.25, 0.3) is 11.4 Å². The maximum atomic E-state index is 14.1. The Morgan fingerprint density at radius 2 is 2.05 bits per heavy atom. The molecular formula is C17H11ClFN3. The molecule has 0 bridgehead atoms. The van der Waals surface area contributed by atoms with E-state index in [0.717, 1.165) is 5.56 Å². The number of aromatic nitrogens is 2. The van der Waals surface area contributed by atoms with Crippen molar-refractivity contribution < 1.29 is 4.39 Å². The zero-order valence-corrected chi connectivity index (χ0v) is 12.3. The lowest BCUT2D eigenvalue weighted by Crippen LogP contribution is -2.03. The molecule has 0 fully saturated rings. The van der Waals surface area contributed by atoms with Crippen LogP contribution in [0.3, 0.4) is 0 Å². The van der Waals surface area contributed by atoms with E-state index in [1.807, 2.05) is 12.1 Å². The van der Waals surface area contributed by atoms with E-state index < -0.39 is 5.82 Å². The van der Waals surface area contributed by atoms with Crippen LogP contribution in [0.15, 0.2) is 54.9 Å². The maximum absolute atomic E-state index is 14.1. The van der Waals surface area contributed by atoms with Crippen molar-refractivity contribution in [3.8, 4) is 17.5 Å². The van der Waals surface area contributed by atoms with Gasteiger partial charge in [0, 0.05) is 18.9 Å². The summed E-state index contributed by atoms with van der Waals surface area (Å²) in [5.74, 6) is 0.0520. The van der Waals surface area contributed by atoms with E-state index in [1.165, 1.54) is 6.07 Å². The number of halogens is 2. The van der Waals surface area contributed by atoms with Crippen LogP contribution in [0.4, 0.5) is 4.39 Å². The molecule has 0 spiro atoms. The van der Waals surface area contributed by atoms with E-state index in [9.17, 15) is 4.39 Å². The predicted octanol–water partition coefficient (Wildman–Crippen LogP) is 4.26. The summed E-state index contributed by atoms with van der Waals surface area (Å²) < 4.78 is 15.9. The van der Waals surface area contributed by atoms with Gasteiger partial charge < -0.3 is 4.57 Å². The number of hydrogen-bond acceptors (Lipinski definition) is 2. The summed E-state index contributed by atoms with van der Waals surface area (Å²) in [6.45, 7) is 0.482. The third kappa shape index (κ3) is 2.72. The SMILES string of the molecule is N#Cc1cccc(Cn2ccnc2-c2c(F)cccc2Cl)c1. The number of benzene rings is 2. The van der Waals surface area contributed by atoms with Gasteiger partial charge >= 0.3 is 0 Å². The van der Waals surface area contributed by atoms with Crippen LogP contribution in [0.1, 0.15) is 11.1 Å². The highest BCUT2D eigenvalue weighted by Gasteiger charge is 2.15. The van der Waals surface area contributed by atoms with Gasteiger partial charge in [-0.3, -0.25) is 0 Å². The van der Waals surface area contributed by atoms with E-state index in [0.29, 0.717) is 23.0 Å². The van der Waals surface area contributed by atoms with Gasteiger partial charge in [-0.2, -0.15) is 5.26 Å². The fourth-order valence-electron chi connectivity index (χ4n) is 2.31. The standard InChI is InChI=1S/C17H11ClFN3/c18-14-5-2-6-15(19)16(14)17-21-7-8-22(17)11-13-4-1-3-12(9-13)10-20/h1-9H,11H2. The summed E-state index contributed by atoms with van der Waals surface area (Å²) >= 11 is 6.11. The molecule has 0 aliphatic heterocycles. The molecule has 0 radical (unpaired) electrons. The quantitative estimate of drug-likeness (QED) is 0.725. The smallest absolute Gasteiger partial charge is 0.144 e. The number of nitrogens with zero attached hydrogens (tertiary/aromatic N) is 3. The first-order chi connectivity index (χ1) is 10.7. The summed E-state index contributed by atoms with van der Waals surface area (Å²) in [5.41, 5.74) is 1.81. The summed E-state index contributed by atoms with van der Waals surface area (Å²) in [6, 6.07) is 13.9. The second kappa shape index (κ2) is 6.00. The Hall–Kier alpha value is -2.64. The third-order valence-corrected chi connectivity index (χ3v) is 3.63. The van der Waals surface area contributed by atoms with Crippen LogP contribution < -0.4 is 0 Å². The van der Waals surface area contributed by atoms with Crippen molar-refractivity contribution in [3.63, 3.8) is 0 Å². The first kappa shape index (κ1) is 14.3. The number of imidazole rings is 1. The van der Waals surface area contributed by atoms with Crippen LogP contribution in [-0.4, -0.2) is 9.55 Å². The van der Waals surface area contributed by atoms with E-state index in [-0.39, 0.29) is 5.56 Å². The zero-order valence-electron chi connectivity index (χ0n) is 11.5. The van der Waals surface area contributed by atoms with Crippen LogP contribution in [-0.2, 0) is 6.54 Å². The van der Waals surface area contributed by atoms with Gasteiger partial charge in [0.2, 0.25) is 0 Å². The topological polar surface area (TPSA) is 41.6 Å². The summed E-state index contributed by atoms with van der Waals surface area (Å²) in [4.78, 5) is 4.22. The fourth-order valence-corrected chi connectivity index (χ4v) is 2.56. The molecule has 1 heterocycles. The minimum Gasteiger partial charge on any atom is -0.326 e. The largest absolute Gasteiger partial charge is 0.326 e. The van der Waals surface area contributed by atoms with Crippen molar-refractivity contribution in [2.24, 2.45) is 0 Å². The molecule has 0 aliphatic rings. The second-order valence-electron chi connectivity index (χ2n) is 4.79. The van der Waals surface area contributed by atoms with Crippen molar-refractivity contribution in [2.75, 3.05) is 0 Å². The van der Waals surface area contributed by atoms with Gasteiger partial charge in [0.25, 0.3) is 0 Å². The average Bonchev–Trinajstić information content (AvgIpc) is 2.95. The Balaban J connectivity index is 2.01. The zero-order chi connectivity index (χ0) is 15.5. The summed E-state index contributed by atoms with van der Waals surface area (Å²) in [7, 11) is 0. The summed E-state index contributed by atoms with van der Waals surface area (Å²) in [6.07, 6.45) is 3.36. The molecule has 108 valence electrons. The van der Waals surface area contributed by atoms with Crippen LogP contribution in [0.2, 0.25) is 5.02 Å². The second-order valence-corrected chi connectivity index (χ2v) is 5.19. The Morgan fingerprint density at radius 1 is 1.23 bits per heavy atom. The van der Waals surface area contributed by atoms with Crippen LogP contribution in [0, 0.1) is 17.1 Å². The molecule has 0 unspecified atom stereocenters. The van der Waals surface area contributed by atoms with Crippen LogP contribution in [0.5, 0.6) is 0 Å². The molecular weight excluding hydrogens is 301 g/mol. The fraction of sp³-hybridized carbons (Fsp3) is 0.0588. The number of nitriles is 1. The van der Waals surface area contributed by atoms with Gasteiger partial charge in [-0.1, -0.05) is 29.8 Å². The van der Waals surface area contributed by atoms with Crippen molar-refractivity contribution >= 4 is 11.6 Å². The van der Waals surface area contributed by atoms with Gasteiger partial charge in [-0.15, -0.1) is 0 Å². The molecule has 0 amide bonds. The Labute approximate surface area is 132 Å². The molecule has 0 N–H and O–H groups in total. The minimum absolute atomic E-state index is 0.283. The van der Waals surface area contributed by atoms with Gasteiger partial charge in [-0.25, -0.2) is 9.37 Å². The molecule has 1 aromatic heterocycles. The van der Waals surface area contributed by atoms with Gasteiger partial charge in [0.1, 0.15) is 11.6 Å². The third-order valence-electron chi connectivity index (χ3n) is 3.31. The first-order valence-corrected chi connectivity index (χ1v) is 7.01. The summed E-state index contributed by atoms with van der Waals surface area (Å²) in [5, 5.41) is 9.28. The maximum Gasteiger partial charge on any atom is 0.144 e. The van der Waals surface area contributed by atoms with Crippen LogP contribution >= 0.6 is 11.6 Å². The molecule has 3 nitrogen and oxygen atoms in total. The Kier molecular flexibility index (Phi) is 3.90. The molecule has 0 saturated heterocycles. The molecule has 3 aromatic rings. The highest BCUT2D eigenvalue weighted by atomic mass is 35.5. The predicted molar refractivity (Wildman–Crippen MR) is 82.9 cm³/mol. The molecule has 5 heteroatoms. The number of rotatable bonds is 3. The minimum atomic E-state index is -0.411. The number of hydrogen-bond donors (Lipinski definition) is 0. The molecule has 2 aromatic carbocycles. The highest BCUT2D eigenvalue weighted by molar-refractivity contribution is 6.33. The first-order valence-electron chi connectivity index (χ1n) is 6.63. The monoisotopic (exact) mass is 311 g/mol. The average molecular weight is 312 g/mol. The Bertz CT molecular complexity index is 844. The van der Waals surface area contributed by atoms with Crippen molar-refractivity contribution in [1.82, 2.24) is 9.55 Å². The van der Waals surface area contributed by atoms with Crippen molar-refractivity contribution in [2.45, 2.75) is 6.54 Å². The molecule has 0 atom stereocenters. The lowest BCUT2D eigenvalue weighted by Gasteiger charge is -2.10. The normalized spacial score (nSPS) is 10.4. The lowest BCUT2D eigenvalue weighted by molar-refractivity contribution is 0.628. The highest BCUT2D eigenvalue weighted by Crippen LogP contribution is 2.29. The molecule has 3 rings (SSSR count). The van der Waals surface area contributed by atoms with Gasteiger partial charge in [0.15, 0.2) is 0 Å². The Morgan fingerprint density at radius 3 is 2.82 bits per heavy atom. The van der Waals surface area contributed by atoms with E-state index >= 15 is 0 Å². The molecule has 22 heavy (non-hydrogen) atoms. The lowest BCUT2D eigenvalue weighted by atomic mass is 10.1. The molecule has 0 saturated carbocycles. The van der Waals surface area contributed by atoms with Crippen molar-refractivity contribution in [3.05, 3.63) is 76.8 Å². The van der Waals surface area contributed by atoms with Gasteiger partial charge in [0.05, 0.1) is 22.2 Å². The van der Waals surface area contributed by atoms with E-state index in [4.69, 9.17) is 16.9 Å². The van der Waals surface area contributed by atoms with Crippen molar-refractivity contribution in [1.29, 1.82) is 5.26 Å². The van der Waals surface area contributed by atoms with E-state index in [1.54, 1.807) is 41.2 Å². The van der Waals surface area contributed by atoms with Gasteiger partial charge in [-0.05, 0) is 29.8 Å².